The summed E-state index contributed by atoms with van der Waals surface area (Å²) in [5, 5.41) is 3.23. The summed E-state index contributed by atoms with van der Waals surface area (Å²) in [7, 11) is 0. The van der Waals surface area contributed by atoms with Gasteiger partial charge in [-0.15, -0.1) is 0 Å². The smallest absolute Gasteiger partial charge is 0.262 e. The molecular weight excluding hydrogens is 378 g/mol. The van der Waals surface area contributed by atoms with E-state index in [0.717, 1.165) is 11.1 Å². The third-order valence-corrected chi connectivity index (χ3v) is 4.81. The van der Waals surface area contributed by atoms with E-state index in [-0.39, 0.29) is 23.7 Å². The predicted molar refractivity (Wildman–Crippen MR) is 118 cm³/mol. The second kappa shape index (κ2) is 8.25. The van der Waals surface area contributed by atoms with Gasteiger partial charge in [0.1, 0.15) is 5.58 Å². The average molecular weight is 399 g/mol. The molecule has 0 spiro atoms. The lowest BCUT2D eigenvalue weighted by molar-refractivity contribution is -0.118. The number of amides is 1. The first-order valence-electron chi connectivity index (χ1n) is 9.64. The summed E-state index contributed by atoms with van der Waals surface area (Å²) in [5.74, 6) is -0.0214. The molecule has 0 saturated heterocycles. The Morgan fingerprint density at radius 2 is 1.70 bits per heavy atom. The molecule has 0 saturated carbocycles. The lowest BCUT2D eigenvalue weighted by Gasteiger charge is -2.13. The van der Waals surface area contributed by atoms with E-state index >= 15 is 0 Å². The number of rotatable bonds is 5. The number of ether oxygens (including phenoxy) is 1. The standard InChI is InChI=1S/C25H21NO4/c1-16-12-13-21-19(14-16)23(28)25(24(30-21)18-9-4-3-5-10-18)29-15-22(27)26-20-11-7-6-8-17(20)2/h3-14H,15H2,1-2H3,(H,26,27). The first-order valence-corrected chi connectivity index (χ1v) is 9.64. The zero-order valence-corrected chi connectivity index (χ0v) is 16.8. The van der Waals surface area contributed by atoms with Crippen LogP contribution in [0, 0.1) is 13.8 Å². The van der Waals surface area contributed by atoms with Crippen LogP contribution in [0.15, 0.2) is 82.0 Å². The van der Waals surface area contributed by atoms with Crippen LogP contribution in [0.3, 0.4) is 0 Å². The predicted octanol–water partition coefficient (Wildman–Crippen LogP) is 5.09. The van der Waals surface area contributed by atoms with Crippen molar-refractivity contribution in [2.24, 2.45) is 0 Å². The molecule has 1 heterocycles. The molecule has 5 nitrogen and oxygen atoms in total. The second-order valence-electron chi connectivity index (χ2n) is 7.11. The van der Waals surface area contributed by atoms with Crippen LogP contribution in [0.4, 0.5) is 5.69 Å². The normalized spacial score (nSPS) is 10.7. The van der Waals surface area contributed by atoms with Gasteiger partial charge in [0.2, 0.25) is 11.2 Å². The van der Waals surface area contributed by atoms with Crippen LogP contribution in [0.5, 0.6) is 5.75 Å². The summed E-state index contributed by atoms with van der Waals surface area (Å²) in [6.45, 7) is 3.50. The van der Waals surface area contributed by atoms with Crippen LogP contribution < -0.4 is 15.5 Å². The highest BCUT2D eigenvalue weighted by Crippen LogP contribution is 2.31. The van der Waals surface area contributed by atoms with Crippen LogP contribution in [-0.4, -0.2) is 12.5 Å². The molecule has 4 rings (SSSR count). The van der Waals surface area contributed by atoms with Gasteiger partial charge >= 0.3 is 0 Å². The van der Waals surface area contributed by atoms with Gasteiger partial charge in [-0.3, -0.25) is 9.59 Å². The van der Waals surface area contributed by atoms with Crippen LogP contribution in [0.2, 0.25) is 0 Å². The fourth-order valence-electron chi connectivity index (χ4n) is 3.24. The van der Waals surface area contributed by atoms with E-state index in [1.807, 2.05) is 74.5 Å². The molecule has 0 atom stereocenters. The number of nitrogens with one attached hydrogen (secondary N) is 1. The number of anilines is 1. The minimum Gasteiger partial charge on any atom is -0.476 e. The Morgan fingerprint density at radius 1 is 0.967 bits per heavy atom. The average Bonchev–Trinajstić information content (AvgIpc) is 2.75. The first-order chi connectivity index (χ1) is 14.5. The van der Waals surface area contributed by atoms with Gasteiger partial charge in [0.05, 0.1) is 5.39 Å². The molecule has 1 N–H and O–H groups in total. The zero-order chi connectivity index (χ0) is 21.1. The molecule has 5 heteroatoms. The Morgan fingerprint density at radius 3 is 2.47 bits per heavy atom. The van der Waals surface area contributed by atoms with Crippen LogP contribution in [-0.2, 0) is 4.79 Å². The quantitative estimate of drug-likeness (QED) is 0.507. The Kier molecular flexibility index (Phi) is 5.35. The number of fused-ring (bicyclic) bond motifs is 1. The summed E-state index contributed by atoms with van der Waals surface area (Å²) in [6, 6.07) is 22.1. The minimum absolute atomic E-state index is 0.0271. The number of hydrogen-bond donors (Lipinski definition) is 1. The Labute approximate surface area is 173 Å². The number of aryl methyl sites for hydroxylation is 2. The van der Waals surface area contributed by atoms with Crippen molar-refractivity contribution >= 4 is 22.6 Å². The highest BCUT2D eigenvalue weighted by atomic mass is 16.5. The van der Waals surface area contributed by atoms with Crippen molar-refractivity contribution in [1.82, 2.24) is 0 Å². The maximum atomic E-state index is 13.2. The molecule has 1 amide bonds. The fraction of sp³-hybridized carbons (Fsp3) is 0.120. The minimum atomic E-state index is -0.355. The molecule has 150 valence electrons. The summed E-state index contributed by atoms with van der Waals surface area (Å²) in [4.78, 5) is 25.6. The molecule has 0 fully saturated rings. The third kappa shape index (κ3) is 3.96. The highest BCUT2D eigenvalue weighted by molar-refractivity contribution is 5.92. The van der Waals surface area contributed by atoms with Crippen molar-refractivity contribution in [3.05, 3.63) is 94.1 Å². The first kappa shape index (κ1) is 19.5. The van der Waals surface area contributed by atoms with Gasteiger partial charge in [-0.2, -0.15) is 0 Å². The molecule has 0 aliphatic heterocycles. The van der Waals surface area contributed by atoms with E-state index in [1.165, 1.54) is 0 Å². The molecule has 3 aromatic carbocycles. The van der Waals surface area contributed by atoms with Gasteiger partial charge in [-0.05, 0) is 37.6 Å². The van der Waals surface area contributed by atoms with E-state index < -0.39 is 0 Å². The lowest BCUT2D eigenvalue weighted by atomic mass is 10.1. The molecule has 30 heavy (non-hydrogen) atoms. The molecule has 0 radical (unpaired) electrons. The van der Waals surface area contributed by atoms with Crippen molar-refractivity contribution in [2.75, 3.05) is 11.9 Å². The van der Waals surface area contributed by atoms with Gasteiger partial charge in [0.25, 0.3) is 5.91 Å². The van der Waals surface area contributed by atoms with Crippen LogP contribution in [0.1, 0.15) is 11.1 Å². The number of benzene rings is 3. The molecule has 4 aromatic rings. The second-order valence-corrected chi connectivity index (χ2v) is 7.11. The zero-order valence-electron chi connectivity index (χ0n) is 16.8. The van der Waals surface area contributed by atoms with E-state index in [1.54, 1.807) is 12.1 Å². The highest BCUT2D eigenvalue weighted by Gasteiger charge is 2.19. The van der Waals surface area contributed by atoms with Crippen molar-refractivity contribution in [3.8, 4) is 17.1 Å². The third-order valence-electron chi connectivity index (χ3n) is 4.81. The van der Waals surface area contributed by atoms with Gasteiger partial charge < -0.3 is 14.5 Å². The van der Waals surface area contributed by atoms with Gasteiger partial charge in [-0.25, -0.2) is 0 Å². The van der Waals surface area contributed by atoms with Crippen molar-refractivity contribution in [2.45, 2.75) is 13.8 Å². The van der Waals surface area contributed by atoms with Crippen molar-refractivity contribution < 1.29 is 13.9 Å². The largest absolute Gasteiger partial charge is 0.476 e. The summed E-state index contributed by atoms with van der Waals surface area (Å²) < 4.78 is 11.8. The maximum Gasteiger partial charge on any atom is 0.262 e. The fourth-order valence-corrected chi connectivity index (χ4v) is 3.24. The van der Waals surface area contributed by atoms with E-state index in [9.17, 15) is 9.59 Å². The molecule has 0 unspecified atom stereocenters. The van der Waals surface area contributed by atoms with Gasteiger partial charge in [0, 0.05) is 11.3 Å². The molecule has 0 aliphatic carbocycles. The molecule has 0 bridgehead atoms. The number of carbonyl (C=O) groups excluding carboxylic acids is 1. The van der Waals surface area contributed by atoms with Gasteiger partial charge in [0.15, 0.2) is 12.4 Å². The maximum absolute atomic E-state index is 13.2. The van der Waals surface area contributed by atoms with E-state index in [2.05, 4.69) is 5.32 Å². The topological polar surface area (TPSA) is 68.5 Å². The Balaban J connectivity index is 1.70. The SMILES string of the molecule is Cc1ccc2oc(-c3ccccc3)c(OCC(=O)Nc3ccccc3C)c(=O)c2c1. The van der Waals surface area contributed by atoms with Crippen LogP contribution in [0.25, 0.3) is 22.3 Å². The lowest BCUT2D eigenvalue weighted by Crippen LogP contribution is -2.23. The van der Waals surface area contributed by atoms with Crippen molar-refractivity contribution in [1.29, 1.82) is 0 Å². The molecular formula is C25H21NO4. The molecule has 1 aromatic heterocycles. The van der Waals surface area contributed by atoms with Gasteiger partial charge in [-0.1, -0.05) is 60.2 Å². The van der Waals surface area contributed by atoms with E-state index in [4.69, 9.17) is 9.15 Å². The number of carbonyl (C=O) groups is 1. The Hall–Kier alpha value is -3.86. The van der Waals surface area contributed by atoms with E-state index in [0.29, 0.717) is 28.0 Å². The number of hydrogen-bond acceptors (Lipinski definition) is 4. The van der Waals surface area contributed by atoms with Crippen LogP contribution >= 0.6 is 0 Å². The van der Waals surface area contributed by atoms with Crippen molar-refractivity contribution in [3.63, 3.8) is 0 Å². The summed E-state index contributed by atoms with van der Waals surface area (Å²) in [6.07, 6.45) is 0. The Bertz CT molecular complexity index is 1280. The summed E-state index contributed by atoms with van der Waals surface area (Å²) >= 11 is 0. The number of para-hydroxylation sites is 1. The monoisotopic (exact) mass is 399 g/mol. The molecule has 0 aliphatic rings. The summed E-state index contributed by atoms with van der Waals surface area (Å²) in [5.41, 5.74) is 3.45.